The molecule has 0 unspecified atom stereocenters. The minimum atomic E-state index is -0.217. The summed E-state index contributed by atoms with van der Waals surface area (Å²) in [5.74, 6) is -0.172. The maximum absolute atomic E-state index is 12.2. The molecule has 23 heavy (non-hydrogen) atoms. The Kier molecular flexibility index (Phi) is 4.35. The largest absolute Gasteiger partial charge is 0.322 e. The van der Waals surface area contributed by atoms with Gasteiger partial charge >= 0.3 is 0 Å². The lowest BCUT2D eigenvalue weighted by atomic mass is 10.2. The van der Waals surface area contributed by atoms with E-state index in [0.717, 1.165) is 18.5 Å². The van der Waals surface area contributed by atoms with Crippen molar-refractivity contribution in [2.24, 2.45) is 0 Å². The molecule has 0 bridgehead atoms. The molecule has 0 aliphatic heterocycles. The van der Waals surface area contributed by atoms with E-state index >= 15 is 0 Å². The maximum atomic E-state index is 12.2. The fourth-order valence-corrected chi connectivity index (χ4v) is 2.71. The summed E-state index contributed by atoms with van der Waals surface area (Å²) >= 11 is 5.90. The zero-order valence-electron chi connectivity index (χ0n) is 12.8. The normalized spacial score (nSPS) is 13.5. The molecule has 2 amide bonds. The molecular formula is C18H17ClN2O2. The molecular weight excluding hydrogens is 312 g/mol. The maximum Gasteiger partial charge on any atom is 0.255 e. The topological polar surface area (TPSA) is 49.4 Å². The number of rotatable bonds is 4. The Bertz CT molecular complexity index is 739. The summed E-state index contributed by atoms with van der Waals surface area (Å²) in [6, 6.07) is 14.4. The molecule has 0 aromatic heterocycles. The minimum absolute atomic E-state index is 0.0446. The zero-order valence-corrected chi connectivity index (χ0v) is 13.5. The SMILES string of the molecule is CC(=O)N(c1ccc(NC(=O)c2cccc(Cl)c2)cc1)C1CC1. The Morgan fingerprint density at radius 3 is 2.39 bits per heavy atom. The number of carbonyl (C=O) groups is 2. The van der Waals surface area contributed by atoms with Crippen LogP contribution in [-0.4, -0.2) is 17.9 Å². The van der Waals surface area contributed by atoms with Crippen molar-refractivity contribution in [1.29, 1.82) is 0 Å². The summed E-state index contributed by atoms with van der Waals surface area (Å²) in [5.41, 5.74) is 2.05. The smallest absolute Gasteiger partial charge is 0.255 e. The molecule has 0 atom stereocenters. The van der Waals surface area contributed by atoms with E-state index in [1.807, 2.05) is 17.0 Å². The number of amides is 2. The van der Waals surface area contributed by atoms with Crippen LogP contribution in [0.2, 0.25) is 5.02 Å². The van der Waals surface area contributed by atoms with Crippen molar-refractivity contribution in [2.45, 2.75) is 25.8 Å². The van der Waals surface area contributed by atoms with Crippen molar-refractivity contribution in [1.82, 2.24) is 0 Å². The van der Waals surface area contributed by atoms with Gasteiger partial charge < -0.3 is 10.2 Å². The van der Waals surface area contributed by atoms with Crippen molar-refractivity contribution in [2.75, 3.05) is 10.2 Å². The fourth-order valence-electron chi connectivity index (χ4n) is 2.52. The van der Waals surface area contributed by atoms with Gasteiger partial charge in [-0.25, -0.2) is 0 Å². The average Bonchev–Trinajstić information content (AvgIpc) is 3.33. The third-order valence-corrected chi connectivity index (χ3v) is 3.98. The minimum Gasteiger partial charge on any atom is -0.322 e. The molecule has 0 spiro atoms. The van der Waals surface area contributed by atoms with E-state index in [1.165, 1.54) is 0 Å². The van der Waals surface area contributed by atoms with E-state index in [9.17, 15) is 9.59 Å². The second kappa shape index (κ2) is 6.42. The quantitative estimate of drug-likeness (QED) is 0.918. The van der Waals surface area contributed by atoms with Gasteiger partial charge in [0.05, 0.1) is 0 Å². The summed E-state index contributed by atoms with van der Waals surface area (Å²) in [5, 5.41) is 3.35. The highest BCUT2D eigenvalue weighted by atomic mass is 35.5. The number of nitrogens with zero attached hydrogens (tertiary/aromatic N) is 1. The molecule has 1 fully saturated rings. The van der Waals surface area contributed by atoms with Crippen LogP contribution in [0.3, 0.4) is 0 Å². The summed E-state index contributed by atoms with van der Waals surface area (Å²) in [7, 11) is 0. The van der Waals surface area contributed by atoms with Gasteiger partial charge in [0.25, 0.3) is 5.91 Å². The zero-order chi connectivity index (χ0) is 16.4. The number of hydrogen-bond acceptors (Lipinski definition) is 2. The van der Waals surface area contributed by atoms with Gasteiger partial charge in [0.1, 0.15) is 0 Å². The molecule has 0 saturated heterocycles. The van der Waals surface area contributed by atoms with Crippen LogP contribution in [0.25, 0.3) is 0 Å². The first-order valence-electron chi connectivity index (χ1n) is 7.51. The van der Waals surface area contributed by atoms with Crippen LogP contribution in [0.15, 0.2) is 48.5 Å². The third-order valence-electron chi connectivity index (χ3n) is 3.74. The molecule has 1 aliphatic rings. The Morgan fingerprint density at radius 1 is 1.13 bits per heavy atom. The third kappa shape index (κ3) is 3.71. The lowest BCUT2D eigenvalue weighted by Crippen LogP contribution is -2.30. The van der Waals surface area contributed by atoms with E-state index < -0.39 is 0 Å². The van der Waals surface area contributed by atoms with Crippen molar-refractivity contribution >= 4 is 34.8 Å². The van der Waals surface area contributed by atoms with Crippen LogP contribution < -0.4 is 10.2 Å². The van der Waals surface area contributed by atoms with Crippen LogP contribution >= 0.6 is 11.6 Å². The van der Waals surface area contributed by atoms with E-state index in [1.54, 1.807) is 43.3 Å². The molecule has 118 valence electrons. The van der Waals surface area contributed by atoms with Gasteiger partial charge in [0, 0.05) is 34.9 Å². The Hall–Kier alpha value is -2.33. The predicted molar refractivity (Wildman–Crippen MR) is 92.0 cm³/mol. The van der Waals surface area contributed by atoms with Crippen molar-refractivity contribution in [3.8, 4) is 0 Å². The van der Waals surface area contributed by atoms with Gasteiger partial charge in [-0.15, -0.1) is 0 Å². The summed E-state index contributed by atoms with van der Waals surface area (Å²) < 4.78 is 0. The van der Waals surface area contributed by atoms with Crippen LogP contribution in [0.4, 0.5) is 11.4 Å². The first kappa shape index (κ1) is 15.6. The number of halogens is 1. The van der Waals surface area contributed by atoms with Gasteiger partial charge in [-0.1, -0.05) is 17.7 Å². The molecule has 0 radical (unpaired) electrons. The van der Waals surface area contributed by atoms with Gasteiger partial charge in [0.15, 0.2) is 0 Å². The molecule has 3 rings (SSSR count). The monoisotopic (exact) mass is 328 g/mol. The van der Waals surface area contributed by atoms with Gasteiger partial charge in [-0.05, 0) is 55.3 Å². The molecule has 1 N–H and O–H groups in total. The fraction of sp³-hybridized carbons (Fsp3) is 0.222. The highest BCUT2D eigenvalue weighted by Gasteiger charge is 2.31. The molecule has 1 saturated carbocycles. The van der Waals surface area contributed by atoms with Crippen molar-refractivity contribution in [3.63, 3.8) is 0 Å². The van der Waals surface area contributed by atoms with Gasteiger partial charge in [-0.3, -0.25) is 9.59 Å². The molecule has 2 aromatic rings. The summed E-state index contributed by atoms with van der Waals surface area (Å²) in [6.07, 6.45) is 2.10. The Labute approximate surface area is 140 Å². The predicted octanol–water partition coefficient (Wildman–Crippen LogP) is 4.11. The summed E-state index contributed by atoms with van der Waals surface area (Å²) in [4.78, 5) is 25.7. The van der Waals surface area contributed by atoms with Crippen molar-refractivity contribution < 1.29 is 9.59 Å². The lowest BCUT2D eigenvalue weighted by molar-refractivity contribution is -0.116. The highest BCUT2D eigenvalue weighted by Crippen LogP contribution is 2.32. The van der Waals surface area contributed by atoms with E-state index in [-0.39, 0.29) is 11.8 Å². The Balaban J connectivity index is 1.72. The number of anilines is 2. The molecule has 0 heterocycles. The summed E-state index contributed by atoms with van der Waals surface area (Å²) in [6.45, 7) is 1.58. The number of nitrogens with one attached hydrogen (secondary N) is 1. The van der Waals surface area contributed by atoms with Crippen LogP contribution in [0.1, 0.15) is 30.1 Å². The second-order valence-corrected chi connectivity index (χ2v) is 6.07. The number of benzene rings is 2. The van der Waals surface area contributed by atoms with Crippen molar-refractivity contribution in [3.05, 3.63) is 59.1 Å². The van der Waals surface area contributed by atoms with Crippen LogP contribution in [0, 0.1) is 0 Å². The standard InChI is InChI=1S/C18H17ClN2O2/c1-12(22)21(17-9-10-17)16-7-5-15(6-8-16)20-18(23)13-3-2-4-14(19)11-13/h2-8,11,17H,9-10H2,1H3,(H,20,23). The Morgan fingerprint density at radius 2 is 1.83 bits per heavy atom. The van der Waals surface area contributed by atoms with Crippen LogP contribution in [0.5, 0.6) is 0 Å². The lowest BCUT2D eigenvalue weighted by Gasteiger charge is -2.21. The van der Waals surface area contributed by atoms with E-state index in [2.05, 4.69) is 5.32 Å². The molecule has 1 aliphatic carbocycles. The molecule has 2 aromatic carbocycles. The number of carbonyl (C=O) groups excluding carboxylic acids is 2. The first-order chi connectivity index (χ1) is 11.0. The molecule has 4 nitrogen and oxygen atoms in total. The van der Waals surface area contributed by atoms with E-state index in [4.69, 9.17) is 11.6 Å². The molecule has 5 heteroatoms. The average molecular weight is 329 g/mol. The van der Waals surface area contributed by atoms with Crippen LogP contribution in [-0.2, 0) is 4.79 Å². The van der Waals surface area contributed by atoms with Gasteiger partial charge in [0.2, 0.25) is 5.91 Å². The van der Waals surface area contributed by atoms with Gasteiger partial charge in [-0.2, -0.15) is 0 Å². The second-order valence-electron chi connectivity index (χ2n) is 5.63. The highest BCUT2D eigenvalue weighted by molar-refractivity contribution is 6.31. The number of hydrogen-bond donors (Lipinski definition) is 1. The van der Waals surface area contributed by atoms with E-state index in [0.29, 0.717) is 22.3 Å². The first-order valence-corrected chi connectivity index (χ1v) is 7.89.